The molecule has 19 heavy (non-hydrogen) atoms. The van der Waals surface area contributed by atoms with E-state index < -0.39 is 0 Å². The average Bonchev–Trinajstić information content (AvgIpc) is 2.45. The third-order valence-electron chi connectivity index (χ3n) is 2.95. The van der Waals surface area contributed by atoms with Crippen LogP contribution in [0.25, 0.3) is 0 Å². The molecular weight excluding hydrogens is 238 g/mol. The van der Waals surface area contributed by atoms with Crippen molar-refractivity contribution in [3.8, 4) is 5.75 Å². The summed E-state index contributed by atoms with van der Waals surface area (Å²) in [5.41, 5.74) is 2.15. The summed E-state index contributed by atoms with van der Waals surface area (Å²) in [7, 11) is 1.92. The summed E-state index contributed by atoms with van der Waals surface area (Å²) < 4.78 is 5.75. The number of hydrogen-bond donors (Lipinski definition) is 1. The molecule has 1 N–H and O–H groups in total. The van der Waals surface area contributed by atoms with Gasteiger partial charge >= 0.3 is 0 Å². The molecule has 0 spiro atoms. The Bertz CT molecular complexity index is 502. The van der Waals surface area contributed by atoms with Gasteiger partial charge in [-0.05, 0) is 31.7 Å². The number of hydrogen-bond acceptors (Lipinski definition) is 4. The maximum Gasteiger partial charge on any atom is 0.119 e. The molecule has 1 heterocycles. The van der Waals surface area contributed by atoms with Gasteiger partial charge in [0.25, 0.3) is 0 Å². The predicted molar refractivity (Wildman–Crippen MR) is 75.1 cm³/mol. The minimum atomic E-state index is 0.165. The smallest absolute Gasteiger partial charge is 0.119 e. The van der Waals surface area contributed by atoms with Gasteiger partial charge < -0.3 is 10.1 Å². The Balaban J connectivity index is 1.87. The van der Waals surface area contributed by atoms with Crippen LogP contribution in [0, 0.1) is 6.92 Å². The highest BCUT2D eigenvalue weighted by Gasteiger charge is 2.10. The van der Waals surface area contributed by atoms with E-state index in [-0.39, 0.29) is 6.04 Å². The van der Waals surface area contributed by atoms with E-state index in [0.29, 0.717) is 6.61 Å². The van der Waals surface area contributed by atoms with Gasteiger partial charge in [-0.3, -0.25) is 9.97 Å². The molecule has 1 aromatic carbocycles. The van der Waals surface area contributed by atoms with Crippen molar-refractivity contribution in [1.29, 1.82) is 0 Å². The van der Waals surface area contributed by atoms with Gasteiger partial charge in [0, 0.05) is 25.0 Å². The molecule has 0 saturated carbocycles. The molecule has 0 saturated heterocycles. The van der Waals surface area contributed by atoms with E-state index in [1.807, 2.05) is 25.2 Å². The first-order valence-electron chi connectivity index (χ1n) is 6.42. The Labute approximate surface area is 113 Å². The summed E-state index contributed by atoms with van der Waals surface area (Å²) >= 11 is 0. The van der Waals surface area contributed by atoms with Gasteiger partial charge in [-0.25, -0.2) is 0 Å². The molecular formula is C15H19N3O. The summed E-state index contributed by atoms with van der Waals surface area (Å²) in [4.78, 5) is 8.40. The van der Waals surface area contributed by atoms with E-state index in [0.717, 1.165) is 17.9 Å². The van der Waals surface area contributed by atoms with Gasteiger partial charge in [-0.1, -0.05) is 12.1 Å². The Kier molecular flexibility index (Phi) is 4.86. The largest absolute Gasteiger partial charge is 0.494 e. The second-order valence-electron chi connectivity index (χ2n) is 4.43. The van der Waals surface area contributed by atoms with Crippen molar-refractivity contribution in [2.45, 2.75) is 19.4 Å². The Morgan fingerprint density at radius 2 is 2.21 bits per heavy atom. The van der Waals surface area contributed by atoms with Crippen LogP contribution in [0.2, 0.25) is 0 Å². The lowest BCUT2D eigenvalue weighted by atomic mass is 10.1. The summed E-state index contributed by atoms with van der Waals surface area (Å²) in [6.07, 6.45) is 6.03. The maximum absolute atomic E-state index is 5.75. The van der Waals surface area contributed by atoms with E-state index in [1.54, 1.807) is 18.6 Å². The van der Waals surface area contributed by atoms with Gasteiger partial charge in [-0.2, -0.15) is 0 Å². The van der Waals surface area contributed by atoms with Crippen LogP contribution in [0.4, 0.5) is 0 Å². The topological polar surface area (TPSA) is 47.0 Å². The first kappa shape index (κ1) is 13.5. The van der Waals surface area contributed by atoms with Crippen LogP contribution in [0.3, 0.4) is 0 Å². The van der Waals surface area contributed by atoms with Gasteiger partial charge in [0.05, 0.1) is 18.3 Å². The second-order valence-corrected chi connectivity index (χ2v) is 4.43. The maximum atomic E-state index is 5.75. The molecule has 0 bridgehead atoms. The zero-order valence-corrected chi connectivity index (χ0v) is 11.3. The van der Waals surface area contributed by atoms with Crippen molar-refractivity contribution in [2.75, 3.05) is 13.7 Å². The Morgan fingerprint density at radius 3 is 2.89 bits per heavy atom. The molecule has 1 unspecified atom stereocenters. The van der Waals surface area contributed by atoms with Crippen LogP contribution >= 0.6 is 0 Å². The summed E-state index contributed by atoms with van der Waals surface area (Å²) in [6, 6.07) is 8.24. The Morgan fingerprint density at radius 1 is 1.32 bits per heavy atom. The minimum absolute atomic E-state index is 0.165. The molecule has 0 aliphatic rings. The molecule has 2 aromatic rings. The first-order valence-corrected chi connectivity index (χ1v) is 6.42. The molecule has 4 nitrogen and oxygen atoms in total. The fourth-order valence-corrected chi connectivity index (χ4v) is 1.93. The number of benzene rings is 1. The molecule has 100 valence electrons. The summed E-state index contributed by atoms with van der Waals surface area (Å²) in [6.45, 7) is 2.70. The van der Waals surface area contributed by atoms with Crippen LogP contribution in [-0.4, -0.2) is 23.6 Å². The molecule has 1 atom stereocenters. The number of aromatic nitrogens is 2. The molecule has 0 aliphatic heterocycles. The second kappa shape index (κ2) is 6.85. The molecule has 0 fully saturated rings. The van der Waals surface area contributed by atoms with Gasteiger partial charge in [0.2, 0.25) is 0 Å². The zero-order valence-electron chi connectivity index (χ0n) is 11.3. The van der Waals surface area contributed by atoms with Crippen LogP contribution in [-0.2, 0) is 0 Å². The first-order chi connectivity index (χ1) is 9.29. The summed E-state index contributed by atoms with van der Waals surface area (Å²) in [5.74, 6) is 0.911. The van der Waals surface area contributed by atoms with Crippen LogP contribution < -0.4 is 10.1 Å². The fraction of sp³-hybridized carbons (Fsp3) is 0.333. The van der Waals surface area contributed by atoms with E-state index >= 15 is 0 Å². The number of ether oxygens (including phenoxy) is 1. The lowest BCUT2D eigenvalue weighted by molar-refractivity contribution is 0.288. The van der Waals surface area contributed by atoms with Crippen molar-refractivity contribution < 1.29 is 4.74 Å². The van der Waals surface area contributed by atoms with Crippen LogP contribution in [0.5, 0.6) is 5.75 Å². The van der Waals surface area contributed by atoms with Crippen LogP contribution in [0.15, 0.2) is 42.9 Å². The third kappa shape index (κ3) is 4.03. The van der Waals surface area contributed by atoms with Gasteiger partial charge in [-0.15, -0.1) is 0 Å². The number of nitrogens with zero attached hydrogens (tertiary/aromatic N) is 2. The highest BCUT2D eigenvalue weighted by molar-refractivity contribution is 5.27. The number of aryl methyl sites for hydroxylation is 1. The number of rotatable bonds is 6. The molecule has 0 aliphatic carbocycles. The fourth-order valence-electron chi connectivity index (χ4n) is 1.93. The zero-order chi connectivity index (χ0) is 13.5. The SMILES string of the molecule is CNC(CCOc1cccc(C)c1)c1cnccn1. The molecule has 0 radical (unpaired) electrons. The van der Waals surface area contributed by atoms with Crippen molar-refractivity contribution >= 4 is 0 Å². The lowest BCUT2D eigenvalue weighted by Crippen LogP contribution is -2.20. The molecule has 0 amide bonds. The normalized spacial score (nSPS) is 12.1. The molecule has 4 heteroatoms. The highest BCUT2D eigenvalue weighted by atomic mass is 16.5. The predicted octanol–water partition coefficient (Wildman–Crippen LogP) is 2.51. The average molecular weight is 257 g/mol. The van der Waals surface area contributed by atoms with E-state index in [4.69, 9.17) is 4.74 Å². The van der Waals surface area contributed by atoms with Crippen molar-refractivity contribution in [3.05, 3.63) is 54.1 Å². The lowest BCUT2D eigenvalue weighted by Gasteiger charge is -2.15. The monoisotopic (exact) mass is 257 g/mol. The number of nitrogens with one attached hydrogen (secondary N) is 1. The quantitative estimate of drug-likeness (QED) is 0.863. The molecule has 1 aromatic heterocycles. The van der Waals surface area contributed by atoms with E-state index in [9.17, 15) is 0 Å². The van der Waals surface area contributed by atoms with Crippen molar-refractivity contribution in [3.63, 3.8) is 0 Å². The van der Waals surface area contributed by atoms with E-state index in [2.05, 4.69) is 28.3 Å². The molecule has 2 rings (SSSR count). The van der Waals surface area contributed by atoms with Gasteiger partial charge in [0.1, 0.15) is 5.75 Å². The standard InChI is InChI=1S/C15H19N3O/c1-12-4-3-5-13(10-12)19-9-6-14(16-2)15-11-17-7-8-18-15/h3-5,7-8,10-11,14,16H,6,9H2,1-2H3. The highest BCUT2D eigenvalue weighted by Crippen LogP contribution is 2.16. The minimum Gasteiger partial charge on any atom is -0.494 e. The third-order valence-corrected chi connectivity index (χ3v) is 2.95. The van der Waals surface area contributed by atoms with Crippen molar-refractivity contribution in [1.82, 2.24) is 15.3 Å². The summed E-state index contributed by atoms with van der Waals surface area (Å²) in [5, 5.41) is 3.23. The van der Waals surface area contributed by atoms with Crippen molar-refractivity contribution in [2.24, 2.45) is 0 Å². The van der Waals surface area contributed by atoms with Gasteiger partial charge in [0.15, 0.2) is 0 Å². The van der Waals surface area contributed by atoms with Crippen LogP contribution in [0.1, 0.15) is 23.7 Å². The Hall–Kier alpha value is -1.94. The van der Waals surface area contributed by atoms with E-state index in [1.165, 1.54) is 5.56 Å².